The minimum absolute atomic E-state index is 0.0348. The van der Waals surface area contributed by atoms with Gasteiger partial charge in [-0.15, -0.1) is 0 Å². The summed E-state index contributed by atoms with van der Waals surface area (Å²) in [6.45, 7) is 4.83. The van der Waals surface area contributed by atoms with E-state index in [0.717, 1.165) is 19.2 Å². The Kier molecular flexibility index (Phi) is 5.14. The number of ether oxygens (including phenoxy) is 1. The predicted octanol–water partition coefficient (Wildman–Crippen LogP) is 1.54. The Hall–Kier alpha value is -2.74. The van der Waals surface area contributed by atoms with Crippen LogP contribution in [0.3, 0.4) is 0 Å². The first kappa shape index (κ1) is 16.3. The van der Waals surface area contributed by atoms with Crippen LogP contribution in [0.2, 0.25) is 0 Å². The molecule has 1 aromatic carbocycles. The highest BCUT2D eigenvalue weighted by Crippen LogP contribution is 2.16. The average Bonchev–Trinajstić information content (AvgIpc) is 2.51. The van der Waals surface area contributed by atoms with Crippen LogP contribution in [-0.4, -0.2) is 40.2 Å². The number of nitro benzene ring substituents is 1. The number of nitrogens with zero attached hydrogens (tertiary/aromatic N) is 2. The zero-order chi connectivity index (χ0) is 16.2. The Labute approximate surface area is 120 Å². The standard InChI is InChI=1S/C13H14N2O6/c1-8(13(17)21-3)9(2)14(18)12(16)10-4-6-11(7-5-10)15(19)20/h4-7,9,18H,1H2,2-3H3. The Morgan fingerprint density at radius 1 is 1.38 bits per heavy atom. The molecule has 21 heavy (non-hydrogen) atoms. The summed E-state index contributed by atoms with van der Waals surface area (Å²) in [7, 11) is 1.15. The molecule has 0 bridgehead atoms. The molecule has 0 spiro atoms. The summed E-state index contributed by atoms with van der Waals surface area (Å²) >= 11 is 0. The second kappa shape index (κ2) is 6.62. The molecule has 1 rings (SSSR count). The van der Waals surface area contributed by atoms with Crippen LogP contribution in [0.25, 0.3) is 0 Å². The van der Waals surface area contributed by atoms with Crippen molar-refractivity contribution in [1.82, 2.24) is 5.06 Å². The summed E-state index contributed by atoms with van der Waals surface area (Å²) in [5.41, 5.74) is -0.245. The average molecular weight is 294 g/mol. The van der Waals surface area contributed by atoms with E-state index in [4.69, 9.17) is 0 Å². The van der Waals surface area contributed by atoms with Crippen LogP contribution in [0.5, 0.6) is 0 Å². The van der Waals surface area contributed by atoms with Crippen molar-refractivity contribution in [1.29, 1.82) is 0 Å². The van der Waals surface area contributed by atoms with Crippen molar-refractivity contribution < 1.29 is 24.5 Å². The number of carbonyl (C=O) groups excluding carboxylic acids is 2. The van der Waals surface area contributed by atoms with Crippen molar-refractivity contribution in [2.24, 2.45) is 0 Å². The van der Waals surface area contributed by atoms with E-state index in [1.165, 1.54) is 19.1 Å². The molecule has 0 saturated carbocycles. The molecule has 1 amide bonds. The lowest BCUT2D eigenvalue weighted by atomic mass is 10.1. The van der Waals surface area contributed by atoms with Crippen molar-refractivity contribution in [3.63, 3.8) is 0 Å². The lowest BCUT2D eigenvalue weighted by Gasteiger charge is -2.23. The number of hydroxylamine groups is 2. The smallest absolute Gasteiger partial charge is 0.335 e. The molecule has 112 valence electrons. The van der Waals surface area contributed by atoms with Crippen molar-refractivity contribution in [2.45, 2.75) is 13.0 Å². The van der Waals surface area contributed by atoms with E-state index >= 15 is 0 Å². The van der Waals surface area contributed by atoms with Crippen molar-refractivity contribution in [3.8, 4) is 0 Å². The third kappa shape index (κ3) is 3.63. The summed E-state index contributed by atoms with van der Waals surface area (Å²) in [6.07, 6.45) is 0. The number of hydrogen-bond acceptors (Lipinski definition) is 6. The highest BCUT2D eigenvalue weighted by Gasteiger charge is 2.26. The maximum Gasteiger partial charge on any atom is 0.335 e. The maximum absolute atomic E-state index is 12.0. The maximum atomic E-state index is 12.0. The predicted molar refractivity (Wildman–Crippen MR) is 71.7 cm³/mol. The van der Waals surface area contributed by atoms with Crippen LogP contribution in [0.15, 0.2) is 36.4 Å². The molecule has 1 N–H and O–H groups in total. The van der Waals surface area contributed by atoms with E-state index in [9.17, 15) is 24.9 Å². The number of hydrogen-bond donors (Lipinski definition) is 1. The van der Waals surface area contributed by atoms with Crippen LogP contribution >= 0.6 is 0 Å². The molecule has 8 nitrogen and oxygen atoms in total. The quantitative estimate of drug-likeness (QED) is 0.290. The van der Waals surface area contributed by atoms with Gasteiger partial charge in [0.2, 0.25) is 0 Å². The van der Waals surface area contributed by atoms with Gasteiger partial charge in [0.15, 0.2) is 0 Å². The van der Waals surface area contributed by atoms with Crippen LogP contribution in [0.1, 0.15) is 17.3 Å². The summed E-state index contributed by atoms with van der Waals surface area (Å²) in [5, 5.41) is 20.7. The van der Waals surface area contributed by atoms with Gasteiger partial charge in [-0.2, -0.15) is 0 Å². The number of methoxy groups -OCH3 is 1. The number of carbonyl (C=O) groups is 2. The summed E-state index contributed by atoms with van der Waals surface area (Å²) in [6, 6.07) is 3.69. The number of esters is 1. The van der Waals surface area contributed by atoms with Crippen LogP contribution in [0, 0.1) is 10.1 Å². The molecule has 0 radical (unpaired) electrons. The molecule has 1 aromatic rings. The van der Waals surface area contributed by atoms with Gasteiger partial charge in [-0.25, -0.2) is 9.86 Å². The molecule has 1 atom stereocenters. The lowest BCUT2D eigenvalue weighted by Crippen LogP contribution is -2.38. The molecular formula is C13H14N2O6. The zero-order valence-corrected chi connectivity index (χ0v) is 11.5. The van der Waals surface area contributed by atoms with E-state index < -0.39 is 22.8 Å². The minimum Gasteiger partial charge on any atom is -0.466 e. The molecule has 0 heterocycles. The van der Waals surface area contributed by atoms with Gasteiger partial charge in [0.25, 0.3) is 11.6 Å². The van der Waals surface area contributed by atoms with Gasteiger partial charge in [-0.05, 0) is 19.1 Å². The SMILES string of the molecule is C=C(C(=O)OC)C(C)N(O)C(=O)c1ccc([N+](=O)[O-])cc1. The minimum atomic E-state index is -1.000. The number of amides is 1. The Morgan fingerprint density at radius 2 is 1.90 bits per heavy atom. The molecule has 1 unspecified atom stereocenters. The lowest BCUT2D eigenvalue weighted by molar-refractivity contribution is -0.384. The van der Waals surface area contributed by atoms with E-state index in [-0.39, 0.29) is 16.8 Å². The van der Waals surface area contributed by atoms with E-state index in [1.54, 1.807) is 0 Å². The third-order valence-corrected chi connectivity index (χ3v) is 2.85. The number of benzene rings is 1. The zero-order valence-electron chi connectivity index (χ0n) is 11.5. The highest BCUT2D eigenvalue weighted by atomic mass is 16.6. The van der Waals surface area contributed by atoms with Gasteiger partial charge in [0.05, 0.1) is 23.6 Å². The Balaban J connectivity index is 2.89. The fourth-order valence-corrected chi connectivity index (χ4v) is 1.48. The molecule has 8 heteroatoms. The van der Waals surface area contributed by atoms with E-state index in [1.807, 2.05) is 0 Å². The third-order valence-electron chi connectivity index (χ3n) is 2.85. The van der Waals surface area contributed by atoms with Gasteiger partial charge >= 0.3 is 5.97 Å². The molecular weight excluding hydrogens is 280 g/mol. The Morgan fingerprint density at radius 3 is 2.33 bits per heavy atom. The molecule has 0 aromatic heterocycles. The van der Waals surface area contributed by atoms with Gasteiger partial charge in [-0.1, -0.05) is 6.58 Å². The molecule has 0 saturated heterocycles. The highest BCUT2D eigenvalue weighted by molar-refractivity contribution is 5.95. The second-order valence-electron chi connectivity index (χ2n) is 4.15. The molecule has 0 fully saturated rings. The molecule has 0 aliphatic carbocycles. The number of non-ortho nitro benzene ring substituents is 1. The summed E-state index contributed by atoms with van der Waals surface area (Å²) < 4.78 is 4.45. The first-order valence-corrected chi connectivity index (χ1v) is 5.83. The van der Waals surface area contributed by atoms with Crippen molar-refractivity contribution >= 4 is 17.6 Å². The topological polar surface area (TPSA) is 110 Å². The summed E-state index contributed by atoms with van der Waals surface area (Å²) in [5.74, 6) is -1.57. The normalized spacial score (nSPS) is 11.4. The monoisotopic (exact) mass is 294 g/mol. The van der Waals surface area contributed by atoms with Crippen molar-refractivity contribution in [2.75, 3.05) is 7.11 Å². The fraction of sp³-hybridized carbons (Fsp3) is 0.231. The Bertz CT molecular complexity index is 581. The van der Waals surface area contributed by atoms with Crippen LogP contribution < -0.4 is 0 Å². The van der Waals surface area contributed by atoms with Gasteiger partial charge < -0.3 is 4.74 Å². The molecule has 0 aliphatic heterocycles. The first-order valence-electron chi connectivity index (χ1n) is 5.83. The second-order valence-corrected chi connectivity index (χ2v) is 4.15. The number of rotatable bonds is 5. The van der Waals surface area contributed by atoms with Gasteiger partial charge in [-0.3, -0.25) is 20.1 Å². The fourth-order valence-electron chi connectivity index (χ4n) is 1.48. The van der Waals surface area contributed by atoms with E-state index in [0.29, 0.717) is 5.06 Å². The summed E-state index contributed by atoms with van der Waals surface area (Å²) in [4.78, 5) is 33.2. The van der Waals surface area contributed by atoms with Crippen LogP contribution in [0.4, 0.5) is 5.69 Å². The largest absolute Gasteiger partial charge is 0.466 e. The van der Waals surface area contributed by atoms with Crippen LogP contribution in [-0.2, 0) is 9.53 Å². The number of nitro groups is 1. The van der Waals surface area contributed by atoms with Gasteiger partial charge in [0, 0.05) is 17.7 Å². The molecule has 0 aliphatic rings. The first-order chi connectivity index (χ1) is 9.79. The van der Waals surface area contributed by atoms with Crippen molar-refractivity contribution in [3.05, 3.63) is 52.1 Å². The van der Waals surface area contributed by atoms with E-state index in [2.05, 4.69) is 11.3 Å². The van der Waals surface area contributed by atoms with Gasteiger partial charge in [0.1, 0.15) is 0 Å².